The molecule has 1 aliphatic heterocycles. The molecule has 0 aromatic carbocycles. The summed E-state index contributed by atoms with van der Waals surface area (Å²) in [4.78, 5) is 21.2. The first-order chi connectivity index (χ1) is 15.1. The molecule has 1 fully saturated rings. The minimum atomic E-state index is -2.46. The second kappa shape index (κ2) is 13.0. The molecule has 3 heterocycles. The first kappa shape index (κ1) is 25.6. The van der Waals surface area contributed by atoms with Gasteiger partial charge in [0.2, 0.25) is 0 Å². The predicted molar refractivity (Wildman–Crippen MR) is 140 cm³/mol. The molecule has 0 saturated carbocycles. The average molecular weight is 570 g/mol. The Balaban J connectivity index is 1.81. The Morgan fingerprint density at radius 1 is 1.03 bits per heavy atom. The van der Waals surface area contributed by atoms with Crippen molar-refractivity contribution in [3.63, 3.8) is 0 Å². The van der Waals surface area contributed by atoms with E-state index in [0.717, 1.165) is 30.2 Å². The molecule has 4 nitrogen and oxygen atoms in total. The summed E-state index contributed by atoms with van der Waals surface area (Å²) >= 11 is 1.50. The average Bonchev–Trinajstić information content (AvgIpc) is 3.39. The summed E-state index contributed by atoms with van der Waals surface area (Å²) in [5.74, 6) is 2.62. The van der Waals surface area contributed by atoms with Gasteiger partial charge >= 0.3 is 202 Å². The first-order valence-electron chi connectivity index (χ1n) is 12.4. The van der Waals surface area contributed by atoms with Crippen molar-refractivity contribution in [3.8, 4) is 0 Å². The number of fused-ring (bicyclic) bond motifs is 1. The van der Waals surface area contributed by atoms with Gasteiger partial charge in [-0.1, -0.05) is 0 Å². The van der Waals surface area contributed by atoms with Crippen molar-refractivity contribution in [1.82, 2.24) is 14.3 Å². The number of hydrogen-bond acceptors (Lipinski definition) is 5. The maximum absolute atomic E-state index is 13.1. The zero-order valence-corrected chi connectivity index (χ0v) is 24.3. The third kappa shape index (κ3) is 6.73. The normalized spacial score (nSPS) is 15.7. The van der Waals surface area contributed by atoms with Crippen LogP contribution in [0.15, 0.2) is 12.5 Å². The van der Waals surface area contributed by atoms with Gasteiger partial charge in [0.1, 0.15) is 0 Å². The van der Waals surface area contributed by atoms with E-state index in [1.54, 1.807) is 2.89 Å². The maximum atomic E-state index is 13.1. The molecule has 1 saturated heterocycles. The fourth-order valence-electron chi connectivity index (χ4n) is 4.73. The summed E-state index contributed by atoms with van der Waals surface area (Å²) in [6.45, 7) is 10.1. The number of hydrogen-bond donors (Lipinski definition) is 0. The van der Waals surface area contributed by atoms with Crippen LogP contribution in [0, 0.1) is 0 Å². The Morgan fingerprint density at radius 2 is 1.65 bits per heavy atom. The van der Waals surface area contributed by atoms with Crippen molar-refractivity contribution >= 4 is 55.0 Å². The summed E-state index contributed by atoms with van der Waals surface area (Å²) < 4.78 is 8.28. The van der Waals surface area contributed by atoms with Gasteiger partial charge in [-0.3, -0.25) is 0 Å². The van der Waals surface area contributed by atoms with E-state index in [0.29, 0.717) is 6.42 Å². The number of imidazole rings is 1. The number of rotatable bonds is 14. The van der Waals surface area contributed by atoms with Crippen LogP contribution in [0.2, 0.25) is 13.3 Å². The van der Waals surface area contributed by atoms with Gasteiger partial charge in [0, 0.05) is 0 Å². The number of Topliss-reactive ketones (excluding diaryl/α,β-unsaturated/α-hetero) is 1. The van der Waals surface area contributed by atoms with Gasteiger partial charge in [-0.05, 0) is 0 Å². The Hall–Kier alpha value is -0.0513. The van der Waals surface area contributed by atoms with Gasteiger partial charge in [0.05, 0.1) is 0 Å². The summed E-state index contributed by atoms with van der Waals surface area (Å²) in [6, 6.07) is 0. The molecule has 7 heteroatoms. The number of carbonyl (C=O) groups excluding carboxylic acids is 1. The van der Waals surface area contributed by atoms with E-state index >= 15 is 0 Å². The van der Waals surface area contributed by atoms with Crippen LogP contribution < -0.4 is 2.89 Å². The molecule has 0 N–H and O–H groups in total. The summed E-state index contributed by atoms with van der Waals surface area (Å²) in [6.07, 6.45) is 12.9. The number of thiazole rings is 1. The van der Waals surface area contributed by atoms with Crippen LogP contribution in [-0.2, 0) is 0 Å². The molecule has 0 radical (unpaired) electrons. The van der Waals surface area contributed by atoms with Crippen molar-refractivity contribution < 1.29 is 4.79 Å². The van der Waals surface area contributed by atoms with E-state index in [4.69, 9.17) is 0 Å². The summed E-state index contributed by atoms with van der Waals surface area (Å²) in [7, 11) is 0. The molecule has 174 valence electrons. The number of carbonyl (C=O) groups is 1. The third-order valence-electron chi connectivity index (χ3n) is 6.78. The standard InChI is InChI=1S/C12H14N3OS2.3C4H9.Sn/c16-10(1-2-14-3-6-17-7-4-14)11-12-15(9-13-11)5-8-18-12;3*1-3-4-2;/h5,9H,1-4,6-7H2;3*1,3-4H2,2H3;. The molecule has 0 bridgehead atoms. The Kier molecular flexibility index (Phi) is 10.7. The van der Waals surface area contributed by atoms with Gasteiger partial charge in [-0.2, -0.15) is 0 Å². The predicted octanol–water partition coefficient (Wildman–Crippen LogP) is 6.07. The van der Waals surface area contributed by atoms with Gasteiger partial charge in [0.25, 0.3) is 0 Å². The molecule has 31 heavy (non-hydrogen) atoms. The van der Waals surface area contributed by atoms with Crippen LogP contribution >= 0.6 is 23.1 Å². The van der Waals surface area contributed by atoms with Crippen LogP contribution in [0.5, 0.6) is 0 Å². The fraction of sp³-hybridized carbons (Fsp3) is 0.750. The third-order valence-corrected chi connectivity index (χ3v) is 27.0. The molecule has 0 unspecified atom stereocenters. The fourth-order valence-corrected chi connectivity index (χ4v) is 25.8. The van der Waals surface area contributed by atoms with Crippen LogP contribution in [0.3, 0.4) is 0 Å². The van der Waals surface area contributed by atoms with E-state index in [1.165, 1.54) is 63.3 Å². The molecule has 3 rings (SSSR count). The number of nitrogens with zero attached hydrogens (tertiary/aromatic N) is 3. The van der Waals surface area contributed by atoms with Gasteiger partial charge < -0.3 is 0 Å². The minimum absolute atomic E-state index is 0.227. The van der Waals surface area contributed by atoms with Crippen molar-refractivity contribution in [2.45, 2.75) is 79.0 Å². The molecular formula is C24H41N3OS2Sn. The van der Waals surface area contributed by atoms with Crippen molar-refractivity contribution in [2.24, 2.45) is 0 Å². The second-order valence-corrected chi connectivity index (χ2v) is 25.5. The summed E-state index contributed by atoms with van der Waals surface area (Å²) in [5.41, 5.74) is 0.726. The first-order valence-corrected chi connectivity index (χ1v) is 21.9. The van der Waals surface area contributed by atoms with Gasteiger partial charge in [0.15, 0.2) is 0 Å². The Morgan fingerprint density at radius 3 is 2.23 bits per heavy atom. The van der Waals surface area contributed by atoms with Crippen LogP contribution in [-0.4, -0.2) is 69.6 Å². The zero-order chi connectivity index (χ0) is 22.1. The Labute approximate surface area is 201 Å². The molecule has 1 aliphatic rings. The van der Waals surface area contributed by atoms with Gasteiger partial charge in [-0.15, -0.1) is 0 Å². The number of unbranched alkanes of at least 4 members (excludes halogenated alkanes) is 3. The molecule has 2 aromatic heterocycles. The Bertz CT molecular complexity index is 791. The SMILES string of the molecule is CCC[CH2][Sn]([CH2]CCC)([CH2]CCC)[c]1cn2cnc(C(=O)CCN3CCSCC3)c2s1. The monoisotopic (exact) mass is 571 g/mol. The number of thioether (sulfide) groups is 1. The van der Waals surface area contributed by atoms with Gasteiger partial charge in [-0.25, -0.2) is 0 Å². The number of aromatic nitrogens is 2. The van der Waals surface area contributed by atoms with E-state index in [9.17, 15) is 4.79 Å². The van der Waals surface area contributed by atoms with Crippen LogP contribution in [0.4, 0.5) is 0 Å². The topological polar surface area (TPSA) is 37.6 Å². The van der Waals surface area contributed by atoms with Crippen molar-refractivity contribution in [2.75, 3.05) is 31.1 Å². The van der Waals surface area contributed by atoms with Crippen molar-refractivity contribution in [1.29, 1.82) is 0 Å². The van der Waals surface area contributed by atoms with E-state index in [1.807, 2.05) is 29.4 Å². The molecule has 0 aliphatic carbocycles. The second-order valence-electron chi connectivity index (χ2n) is 9.12. The van der Waals surface area contributed by atoms with Crippen molar-refractivity contribution in [3.05, 3.63) is 18.2 Å². The molecule has 2 aromatic rings. The van der Waals surface area contributed by atoms with Crippen LogP contribution in [0.1, 0.15) is 76.2 Å². The molecule has 0 spiro atoms. The van der Waals surface area contributed by atoms with E-state index < -0.39 is 18.4 Å². The summed E-state index contributed by atoms with van der Waals surface area (Å²) in [5, 5.41) is 0. The zero-order valence-electron chi connectivity index (χ0n) is 19.8. The van der Waals surface area contributed by atoms with Crippen LogP contribution in [0.25, 0.3) is 4.83 Å². The van der Waals surface area contributed by atoms with E-state index in [-0.39, 0.29) is 5.78 Å². The van der Waals surface area contributed by atoms with E-state index in [2.05, 4.69) is 41.3 Å². The molecule has 0 atom stereocenters. The quantitative estimate of drug-likeness (QED) is 0.204. The number of ketones is 1. The molecule has 0 amide bonds. The molecular weight excluding hydrogens is 529 g/mol.